The van der Waals surface area contributed by atoms with Crippen LogP contribution in [0.2, 0.25) is 0 Å². The predicted octanol–water partition coefficient (Wildman–Crippen LogP) is 2.00. The Labute approximate surface area is 173 Å². The quantitative estimate of drug-likeness (QED) is 0.712. The Morgan fingerprint density at radius 2 is 1.77 bits per heavy atom. The van der Waals surface area contributed by atoms with Gasteiger partial charge in [-0.15, -0.1) is 0 Å². The molecular weight excluding hydrogens is 426 g/mol. The number of halogens is 4. The highest BCUT2D eigenvalue weighted by atomic mass is 32.2. The first kappa shape index (κ1) is 21.9. The molecule has 0 aliphatic carbocycles. The molecule has 0 saturated carbocycles. The first-order chi connectivity index (χ1) is 14.0. The van der Waals surface area contributed by atoms with Crippen molar-refractivity contribution in [3.05, 3.63) is 35.1 Å². The number of nitrogens with zero attached hydrogens (tertiary/aromatic N) is 2. The van der Waals surface area contributed by atoms with E-state index in [2.05, 4.69) is 4.90 Å². The molecular formula is C19H25F4N3O3S. The molecule has 11 heteroatoms. The van der Waals surface area contributed by atoms with Gasteiger partial charge in [-0.3, -0.25) is 4.90 Å². The van der Waals surface area contributed by atoms with E-state index < -0.39 is 27.7 Å². The van der Waals surface area contributed by atoms with Gasteiger partial charge in [0.2, 0.25) is 0 Å². The number of benzene rings is 1. The molecule has 168 valence electrons. The average molecular weight is 451 g/mol. The average Bonchev–Trinajstić information content (AvgIpc) is 3.22. The molecule has 1 aromatic carbocycles. The number of fused-ring (bicyclic) bond motifs is 1. The van der Waals surface area contributed by atoms with Crippen LogP contribution in [-0.4, -0.2) is 68.0 Å². The molecule has 3 aliphatic rings. The van der Waals surface area contributed by atoms with Crippen molar-refractivity contribution in [2.45, 2.75) is 37.0 Å². The molecule has 2 unspecified atom stereocenters. The molecule has 6 nitrogen and oxygen atoms in total. The number of likely N-dealkylation sites (tertiary alicyclic amines) is 1. The lowest BCUT2D eigenvalue weighted by molar-refractivity contribution is -0.0508. The molecule has 2 N–H and O–H groups in total. The number of hydrogen-bond donors (Lipinski definition) is 1. The van der Waals surface area contributed by atoms with Crippen molar-refractivity contribution in [2.24, 2.45) is 17.6 Å². The Hall–Kier alpha value is -1.27. The van der Waals surface area contributed by atoms with Gasteiger partial charge in [-0.1, -0.05) is 17.7 Å². The molecule has 3 heterocycles. The number of ether oxygens (including phenoxy) is 1. The third-order valence-electron chi connectivity index (χ3n) is 6.49. The molecule has 0 amide bonds. The zero-order chi connectivity index (χ0) is 21.8. The van der Waals surface area contributed by atoms with Crippen molar-refractivity contribution in [3.8, 4) is 0 Å². The van der Waals surface area contributed by atoms with Crippen LogP contribution in [0.4, 0.5) is 17.6 Å². The summed E-state index contributed by atoms with van der Waals surface area (Å²) in [4.78, 5) is 2.12. The fourth-order valence-corrected chi connectivity index (χ4v) is 6.00. The molecule has 0 radical (unpaired) electrons. The van der Waals surface area contributed by atoms with Crippen molar-refractivity contribution in [2.75, 3.05) is 32.8 Å². The maximum Gasteiger partial charge on any atom is 0.511 e. The monoisotopic (exact) mass is 451 g/mol. The van der Waals surface area contributed by atoms with Gasteiger partial charge in [-0.2, -0.15) is 17.5 Å². The fraction of sp³-hybridized carbons (Fsp3) is 0.684. The van der Waals surface area contributed by atoms with Crippen molar-refractivity contribution in [1.29, 1.82) is 0 Å². The molecule has 4 rings (SSSR count). The van der Waals surface area contributed by atoms with Crippen LogP contribution in [0.25, 0.3) is 0 Å². The van der Waals surface area contributed by atoms with E-state index in [-0.39, 0.29) is 36.8 Å². The number of alkyl halides is 3. The smallest absolute Gasteiger partial charge is 0.370 e. The van der Waals surface area contributed by atoms with E-state index in [9.17, 15) is 26.0 Å². The molecule has 0 spiro atoms. The fourth-order valence-electron chi connectivity index (χ4n) is 4.93. The molecule has 0 aromatic heterocycles. The third-order valence-corrected chi connectivity index (χ3v) is 8.05. The van der Waals surface area contributed by atoms with Crippen molar-refractivity contribution >= 4 is 10.0 Å². The van der Waals surface area contributed by atoms with E-state index in [4.69, 9.17) is 10.5 Å². The van der Waals surface area contributed by atoms with Crippen molar-refractivity contribution in [1.82, 2.24) is 9.21 Å². The lowest BCUT2D eigenvalue weighted by Crippen LogP contribution is -2.49. The van der Waals surface area contributed by atoms with E-state index in [1.165, 1.54) is 6.07 Å². The lowest BCUT2D eigenvalue weighted by Gasteiger charge is -2.39. The van der Waals surface area contributed by atoms with Crippen LogP contribution in [0, 0.1) is 24.6 Å². The topological polar surface area (TPSA) is 75.9 Å². The molecule has 0 bridgehead atoms. The van der Waals surface area contributed by atoms with Crippen LogP contribution in [-0.2, 0) is 14.8 Å². The van der Waals surface area contributed by atoms with Crippen molar-refractivity contribution in [3.63, 3.8) is 0 Å². The summed E-state index contributed by atoms with van der Waals surface area (Å²) in [5.74, 6) is -0.656. The first-order valence-electron chi connectivity index (χ1n) is 9.91. The van der Waals surface area contributed by atoms with Gasteiger partial charge in [0.25, 0.3) is 0 Å². The second-order valence-electron chi connectivity index (χ2n) is 8.57. The van der Waals surface area contributed by atoms with E-state index in [1.54, 1.807) is 12.1 Å². The minimum Gasteiger partial charge on any atom is -0.370 e. The van der Waals surface area contributed by atoms with Gasteiger partial charge in [0, 0.05) is 43.8 Å². The highest BCUT2D eigenvalue weighted by molar-refractivity contribution is 7.90. The second-order valence-corrected chi connectivity index (χ2v) is 10.5. The molecule has 1 aromatic rings. The molecule has 5 atom stereocenters. The summed E-state index contributed by atoms with van der Waals surface area (Å²) >= 11 is 0. The van der Waals surface area contributed by atoms with Crippen LogP contribution in [0.5, 0.6) is 0 Å². The van der Waals surface area contributed by atoms with E-state index in [1.807, 2.05) is 6.92 Å². The molecule has 3 fully saturated rings. The van der Waals surface area contributed by atoms with Gasteiger partial charge in [0.05, 0.1) is 6.61 Å². The summed E-state index contributed by atoms with van der Waals surface area (Å²) < 4.78 is 82.4. The third kappa shape index (κ3) is 3.86. The van der Waals surface area contributed by atoms with Gasteiger partial charge in [-0.25, -0.2) is 12.8 Å². The standard InChI is InChI=1S/C19H25F4N3O3S/c1-11-2-3-16(20)15(4-11)18-17(24)5-14(10-29-18)25-6-12-8-26(9-13(12)7-25)30(27,28)19(21,22)23/h2-4,12-14,17-18H,5-10,24H2,1H3/t12?,13?,14-,17+,18-/m1/s1. The summed E-state index contributed by atoms with van der Waals surface area (Å²) in [5.41, 5.74) is 2.38. The molecule has 30 heavy (non-hydrogen) atoms. The zero-order valence-corrected chi connectivity index (χ0v) is 17.3. The molecule has 3 saturated heterocycles. The van der Waals surface area contributed by atoms with Crippen LogP contribution >= 0.6 is 0 Å². The molecule has 3 aliphatic heterocycles. The highest BCUT2D eigenvalue weighted by Crippen LogP contribution is 2.39. The SMILES string of the molecule is Cc1ccc(F)c([C@H]2OC[C@H](N3CC4CN(S(=O)(=O)C(F)(F)F)CC4C3)C[C@@H]2N)c1. The number of rotatable bonds is 3. The summed E-state index contributed by atoms with van der Waals surface area (Å²) in [6.45, 7) is 2.96. The summed E-state index contributed by atoms with van der Waals surface area (Å²) in [5, 5.41) is 0. The van der Waals surface area contributed by atoms with Crippen LogP contribution < -0.4 is 5.73 Å². The second kappa shape index (κ2) is 7.70. The Morgan fingerprint density at radius 1 is 1.13 bits per heavy atom. The maximum absolute atomic E-state index is 14.2. The van der Waals surface area contributed by atoms with Crippen LogP contribution in [0.15, 0.2) is 18.2 Å². The normalized spacial score (nSPS) is 33.7. The van der Waals surface area contributed by atoms with Gasteiger partial charge < -0.3 is 10.5 Å². The van der Waals surface area contributed by atoms with E-state index in [0.29, 0.717) is 36.0 Å². The van der Waals surface area contributed by atoms with Crippen molar-refractivity contribution < 1.29 is 30.7 Å². The van der Waals surface area contributed by atoms with Crippen LogP contribution in [0.3, 0.4) is 0 Å². The number of aryl methyl sites for hydroxylation is 1. The Balaban J connectivity index is 1.37. The first-order valence-corrected chi connectivity index (χ1v) is 11.3. The number of sulfonamides is 1. The van der Waals surface area contributed by atoms with E-state index in [0.717, 1.165) is 5.56 Å². The van der Waals surface area contributed by atoms with Gasteiger partial charge in [0.1, 0.15) is 11.9 Å². The largest absolute Gasteiger partial charge is 0.511 e. The van der Waals surface area contributed by atoms with Gasteiger partial charge in [0.15, 0.2) is 0 Å². The summed E-state index contributed by atoms with van der Waals surface area (Å²) in [6, 6.07) is 4.37. The number of hydrogen-bond acceptors (Lipinski definition) is 5. The maximum atomic E-state index is 14.2. The Morgan fingerprint density at radius 3 is 2.33 bits per heavy atom. The zero-order valence-electron chi connectivity index (χ0n) is 16.5. The number of nitrogens with two attached hydrogens (primary N) is 1. The highest BCUT2D eigenvalue weighted by Gasteiger charge is 2.55. The predicted molar refractivity (Wildman–Crippen MR) is 101 cm³/mol. The minimum atomic E-state index is -5.28. The summed E-state index contributed by atoms with van der Waals surface area (Å²) in [6.07, 6.45) is 0.0258. The van der Waals surface area contributed by atoms with E-state index >= 15 is 0 Å². The summed E-state index contributed by atoms with van der Waals surface area (Å²) in [7, 11) is -5.28. The Kier molecular flexibility index (Phi) is 5.63. The van der Waals surface area contributed by atoms with Crippen LogP contribution in [0.1, 0.15) is 23.7 Å². The Bertz CT molecular complexity index is 897. The lowest BCUT2D eigenvalue weighted by atomic mass is 9.92. The minimum absolute atomic E-state index is 0.0256. The van der Waals surface area contributed by atoms with Gasteiger partial charge in [-0.05, 0) is 31.2 Å². The van der Waals surface area contributed by atoms with Gasteiger partial charge >= 0.3 is 15.5 Å².